The van der Waals surface area contributed by atoms with Crippen LogP contribution in [0.4, 0.5) is 5.95 Å². The fourth-order valence-corrected chi connectivity index (χ4v) is 3.48. The van der Waals surface area contributed by atoms with Gasteiger partial charge in [-0.2, -0.15) is 9.97 Å². The average Bonchev–Trinajstić information content (AvgIpc) is 2.67. The van der Waals surface area contributed by atoms with E-state index in [1.54, 1.807) is 20.3 Å². The van der Waals surface area contributed by atoms with E-state index in [-0.39, 0.29) is 11.8 Å². The molecule has 2 aliphatic heterocycles. The van der Waals surface area contributed by atoms with Crippen molar-refractivity contribution in [3.8, 4) is 11.8 Å². The summed E-state index contributed by atoms with van der Waals surface area (Å²) in [7, 11) is 3.15. The number of carbonyl (C=O) groups is 1. The molecular weight excluding hydrogens is 308 g/mol. The van der Waals surface area contributed by atoms with Crippen LogP contribution in [0.15, 0.2) is 6.07 Å². The number of anilines is 1. The van der Waals surface area contributed by atoms with Gasteiger partial charge in [-0.3, -0.25) is 4.79 Å². The van der Waals surface area contributed by atoms with Crippen molar-refractivity contribution in [3.63, 3.8) is 0 Å². The van der Waals surface area contributed by atoms with Gasteiger partial charge in [-0.1, -0.05) is 0 Å². The second-order valence-corrected chi connectivity index (χ2v) is 6.42. The Morgan fingerprint density at radius 2 is 1.71 bits per heavy atom. The first-order valence-electron chi connectivity index (χ1n) is 8.72. The lowest BCUT2D eigenvalue weighted by Crippen LogP contribution is -2.46. The summed E-state index contributed by atoms with van der Waals surface area (Å²) in [5.74, 6) is 1.83. The molecule has 2 saturated heterocycles. The highest BCUT2D eigenvalue weighted by molar-refractivity contribution is 5.79. The van der Waals surface area contributed by atoms with Crippen molar-refractivity contribution in [2.75, 3.05) is 45.3 Å². The Bertz CT molecular complexity index is 553. The predicted molar refractivity (Wildman–Crippen MR) is 90.5 cm³/mol. The van der Waals surface area contributed by atoms with Gasteiger partial charge in [-0.05, 0) is 32.1 Å². The minimum Gasteiger partial charge on any atom is -0.481 e. The summed E-state index contributed by atoms with van der Waals surface area (Å²) in [6.07, 6.45) is 5.38. The first-order chi connectivity index (χ1) is 11.7. The highest BCUT2D eigenvalue weighted by atomic mass is 16.5. The van der Waals surface area contributed by atoms with Gasteiger partial charge in [0.1, 0.15) is 0 Å². The molecule has 7 nitrogen and oxygen atoms in total. The molecule has 1 aromatic rings. The number of hydrogen-bond acceptors (Lipinski definition) is 6. The maximum absolute atomic E-state index is 12.8. The van der Waals surface area contributed by atoms with Crippen LogP contribution in [-0.2, 0) is 4.79 Å². The van der Waals surface area contributed by atoms with Gasteiger partial charge in [0.25, 0.3) is 0 Å². The summed E-state index contributed by atoms with van der Waals surface area (Å²) >= 11 is 0. The number of methoxy groups -OCH3 is 2. The molecule has 1 aromatic heterocycles. The minimum absolute atomic E-state index is 0.0256. The Balaban J connectivity index is 1.72. The van der Waals surface area contributed by atoms with E-state index >= 15 is 0 Å². The Morgan fingerprint density at radius 3 is 2.33 bits per heavy atom. The fourth-order valence-electron chi connectivity index (χ4n) is 3.48. The summed E-state index contributed by atoms with van der Waals surface area (Å²) in [6.45, 7) is 3.31. The third kappa shape index (κ3) is 3.71. The van der Waals surface area contributed by atoms with E-state index < -0.39 is 0 Å². The Hall–Kier alpha value is -2.05. The third-order valence-electron chi connectivity index (χ3n) is 4.81. The van der Waals surface area contributed by atoms with E-state index in [4.69, 9.17) is 9.47 Å². The topological polar surface area (TPSA) is 67.8 Å². The molecule has 2 aliphatic rings. The molecular formula is C17H26N4O3. The molecule has 0 bridgehead atoms. The average molecular weight is 334 g/mol. The van der Waals surface area contributed by atoms with Gasteiger partial charge < -0.3 is 19.3 Å². The number of amides is 1. The van der Waals surface area contributed by atoms with Crippen LogP contribution < -0.4 is 14.4 Å². The molecule has 0 N–H and O–H groups in total. The standard InChI is InChI=1S/C17H26N4O3/c1-23-14-11-15(24-2)19-17(18-14)21-10-6-7-13(12-21)16(22)20-8-4-3-5-9-20/h11,13H,3-10,12H2,1-2H3. The zero-order valence-electron chi connectivity index (χ0n) is 14.5. The van der Waals surface area contributed by atoms with Gasteiger partial charge in [-0.15, -0.1) is 0 Å². The van der Waals surface area contributed by atoms with Crippen LogP contribution in [-0.4, -0.2) is 61.2 Å². The van der Waals surface area contributed by atoms with Crippen molar-refractivity contribution in [1.82, 2.24) is 14.9 Å². The number of aromatic nitrogens is 2. The molecule has 3 rings (SSSR count). The van der Waals surface area contributed by atoms with Crippen molar-refractivity contribution in [1.29, 1.82) is 0 Å². The second-order valence-electron chi connectivity index (χ2n) is 6.42. The van der Waals surface area contributed by atoms with E-state index in [2.05, 4.69) is 14.9 Å². The highest BCUT2D eigenvalue weighted by Crippen LogP contribution is 2.26. The molecule has 0 aliphatic carbocycles. The Morgan fingerprint density at radius 1 is 1.04 bits per heavy atom. The number of rotatable bonds is 4. The molecule has 0 saturated carbocycles. The van der Waals surface area contributed by atoms with Gasteiger partial charge in [0.15, 0.2) is 0 Å². The predicted octanol–water partition coefficient (Wildman–Crippen LogP) is 1.72. The lowest BCUT2D eigenvalue weighted by Gasteiger charge is -2.36. The lowest BCUT2D eigenvalue weighted by molar-refractivity contribution is -0.136. The number of carbonyl (C=O) groups excluding carboxylic acids is 1. The van der Waals surface area contributed by atoms with E-state index in [0.29, 0.717) is 24.3 Å². The molecule has 1 unspecified atom stereocenters. The van der Waals surface area contributed by atoms with Crippen LogP contribution in [0, 0.1) is 5.92 Å². The molecule has 0 radical (unpaired) electrons. The first kappa shape index (κ1) is 16.8. The SMILES string of the molecule is COc1cc(OC)nc(N2CCCC(C(=O)N3CCCCC3)C2)n1. The molecule has 0 spiro atoms. The van der Waals surface area contributed by atoms with Crippen LogP contribution in [0.2, 0.25) is 0 Å². The van der Waals surface area contributed by atoms with E-state index in [0.717, 1.165) is 45.3 Å². The highest BCUT2D eigenvalue weighted by Gasteiger charge is 2.31. The van der Waals surface area contributed by atoms with Crippen LogP contribution >= 0.6 is 0 Å². The van der Waals surface area contributed by atoms with E-state index in [1.165, 1.54) is 6.42 Å². The van der Waals surface area contributed by atoms with Gasteiger partial charge in [0.2, 0.25) is 23.6 Å². The van der Waals surface area contributed by atoms with Crippen molar-refractivity contribution in [2.24, 2.45) is 5.92 Å². The lowest BCUT2D eigenvalue weighted by atomic mass is 9.95. The Kier molecular flexibility index (Phi) is 5.37. The largest absolute Gasteiger partial charge is 0.481 e. The van der Waals surface area contributed by atoms with Gasteiger partial charge in [0.05, 0.1) is 26.2 Å². The summed E-state index contributed by atoms with van der Waals surface area (Å²) in [5, 5.41) is 0. The fraction of sp³-hybridized carbons (Fsp3) is 0.706. The molecule has 7 heteroatoms. The second kappa shape index (κ2) is 7.68. The monoisotopic (exact) mass is 334 g/mol. The summed E-state index contributed by atoms with van der Waals surface area (Å²) in [6, 6.07) is 1.66. The number of likely N-dealkylation sites (tertiary alicyclic amines) is 1. The first-order valence-corrected chi connectivity index (χ1v) is 8.72. The molecule has 2 fully saturated rings. The van der Waals surface area contributed by atoms with Gasteiger partial charge in [-0.25, -0.2) is 0 Å². The van der Waals surface area contributed by atoms with Crippen LogP contribution in [0.5, 0.6) is 11.8 Å². The molecule has 0 aromatic carbocycles. The summed E-state index contributed by atoms with van der Waals surface area (Å²) in [5.41, 5.74) is 0. The van der Waals surface area contributed by atoms with Crippen LogP contribution in [0.25, 0.3) is 0 Å². The van der Waals surface area contributed by atoms with E-state index in [1.807, 2.05) is 4.90 Å². The van der Waals surface area contributed by atoms with Crippen molar-refractivity contribution < 1.29 is 14.3 Å². The number of piperidine rings is 2. The normalized spacial score (nSPS) is 21.5. The molecule has 1 atom stereocenters. The van der Waals surface area contributed by atoms with Crippen molar-refractivity contribution in [3.05, 3.63) is 6.07 Å². The molecule has 3 heterocycles. The Labute approximate surface area is 143 Å². The molecule has 132 valence electrons. The smallest absolute Gasteiger partial charge is 0.231 e. The van der Waals surface area contributed by atoms with Crippen molar-refractivity contribution >= 4 is 11.9 Å². The number of hydrogen-bond donors (Lipinski definition) is 0. The summed E-state index contributed by atoms with van der Waals surface area (Å²) < 4.78 is 10.4. The number of nitrogens with zero attached hydrogens (tertiary/aromatic N) is 4. The quantitative estimate of drug-likeness (QED) is 0.835. The number of ether oxygens (including phenoxy) is 2. The summed E-state index contributed by atoms with van der Waals surface area (Å²) in [4.78, 5) is 25.7. The van der Waals surface area contributed by atoms with Crippen molar-refractivity contribution in [2.45, 2.75) is 32.1 Å². The van der Waals surface area contributed by atoms with Gasteiger partial charge in [0, 0.05) is 26.2 Å². The minimum atomic E-state index is 0.0256. The maximum atomic E-state index is 12.8. The van der Waals surface area contributed by atoms with E-state index in [9.17, 15) is 4.79 Å². The van der Waals surface area contributed by atoms with Crippen LogP contribution in [0.3, 0.4) is 0 Å². The molecule has 24 heavy (non-hydrogen) atoms. The van der Waals surface area contributed by atoms with Gasteiger partial charge >= 0.3 is 0 Å². The zero-order chi connectivity index (χ0) is 16.9. The maximum Gasteiger partial charge on any atom is 0.231 e. The molecule has 1 amide bonds. The van der Waals surface area contributed by atoms with Crippen LogP contribution in [0.1, 0.15) is 32.1 Å². The zero-order valence-corrected chi connectivity index (χ0v) is 14.5. The third-order valence-corrected chi connectivity index (χ3v) is 4.81.